The molecule has 11 nitrogen and oxygen atoms in total. The molecule has 7 N–H and O–H groups in total. The molecule has 0 amide bonds. The summed E-state index contributed by atoms with van der Waals surface area (Å²) in [7, 11) is 0. The van der Waals surface area contributed by atoms with Crippen LogP contribution in [0.2, 0.25) is 0 Å². The molecule has 2 aromatic rings. The molecular weight excluding hydrogens is 428 g/mol. The third-order valence-corrected chi connectivity index (χ3v) is 5.16. The zero-order valence-corrected chi connectivity index (χ0v) is 16.3. The molecule has 170 valence electrons. The van der Waals surface area contributed by atoms with E-state index in [-0.39, 0.29) is 23.0 Å². The van der Waals surface area contributed by atoms with Gasteiger partial charge in [-0.1, -0.05) is 6.07 Å². The smallest absolute Gasteiger partial charge is 0.335 e. The highest BCUT2D eigenvalue weighted by Gasteiger charge is 2.48. The van der Waals surface area contributed by atoms with Crippen molar-refractivity contribution in [2.75, 3.05) is 0 Å². The largest absolute Gasteiger partial charge is 0.508 e. The lowest BCUT2D eigenvalue weighted by Crippen LogP contribution is -2.61. The second kappa shape index (κ2) is 8.20. The van der Waals surface area contributed by atoms with E-state index < -0.39 is 48.5 Å². The van der Waals surface area contributed by atoms with Gasteiger partial charge in [0.05, 0.1) is 5.56 Å². The Morgan fingerprint density at radius 1 is 0.938 bits per heavy atom. The molecule has 0 spiro atoms. The van der Waals surface area contributed by atoms with Gasteiger partial charge in [0.2, 0.25) is 6.29 Å². The summed E-state index contributed by atoms with van der Waals surface area (Å²) >= 11 is 0. The molecule has 6 unspecified atom stereocenters. The molecule has 0 bridgehead atoms. The quantitative estimate of drug-likeness (QED) is 0.339. The highest BCUT2D eigenvalue weighted by molar-refractivity contribution is 5.73. The standard InChI is InChI=1S/C21H20O11/c22-9-6-11(23)10-2-4-13(30-15(10)7-9)8-1-3-14(12(24)5-8)31-21-18(27)16(25)17(26)19(32-21)20(28)29/h1-7,13,16-19,21-27H,(H,28,29). The predicted octanol–water partition coefficient (Wildman–Crippen LogP) is 0.221. The van der Waals surface area contributed by atoms with E-state index in [0.29, 0.717) is 11.1 Å². The number of carbonyl (C=O) groups is 1. The maximum Gasteiger partial charge on any atom is 0.335 e. The van der Waals surface area contributed by atoms with E-state index in [1.54, 1.807) is 12.2 Å². The summed E-state index contributed by atoms with van der Waals surface area (Å²) < 4.78 is 16.1. The summed E-state index contributed by atoms with van der Waals surface area (Å²) in [5.74, 6) is -2.23. The summed E-state index contributed by atoms with van der Waals surface area (Å²) in [6.45, 7) is 0. The summed E-state index contributed by atoms with van der Waals surface area (Å²) in [5, 5.41) is 68.7. The van der Waals surface area contributed by atoms with Crippen molar-refractivity contribution >= 4 is 12.0 Å². The van der Waals surface area contributed by atoms with Gasteiger partial charge in [-0.3, -0.25) is 0 Å². The molecule has 6 atom stereocenters. The van der Waals surface area contributed by atoms with Crippen molar-refractivity contribution < 1.29 is 54.8 Å². The van der Waals surface area contributed by atoms with Gasteiger partial charge in [0.15, 0.2) is 17.6 Å². The minimum Gasteiger partial charge on any atom is -0.508 e. The maximum atomic E-state index is 11.2. The molecule has 1 fully saturated rings. The molecule has 11 heteroatoms. The molecule has 4 rings (SSSR count). The Balaban J connectivity index is 1.52. The number of rotatable bonds is 4. The Labute approximate surface area is 180 Å². The number of aliphatic carboxylic acids is 1. The minimum absolute atomic E-state index is 0.153. The van der Waals surface area contributed by atoms with Crippen LogP contribution in [-0.4, -0.2) is 72.4 Å². The van der Waals surface area contributed by atoms with Crippen molar-refractivity contribution in [3.63, 3.8) is 0 Å². The normalized spacial score (nSPS) is 29.1. The van der Waals surface area contributed by atoms with Crippen molar-refractivity contribution in [2.24, 2.45) is 0 Å². The summed E-state index contributed by atoms with van der Waals surface area (Å²) in [4.78, 5) is 11.2. The van der Waals surface area contributed by atoms with Crippen molar-refractivity contribution in [1.29, 1.82) is 0 Å². The van der Waals surface area contributed by atoms with Gasteiger partial charge in [-0.25, -0.2) is 4.79 Å². The molecule has 0 radical (unpaired) electrons. The summed E-state index contributed by atoms with van der Waals surface area (Å²) in [6.07, 6.45) is -6.44. The fourth-order valence-corrected chi connectivity index (χ4v) is 3.49. The molecular formula is C21H20O11. The lowest BCUT2D eigenvalue weighted by Gasteiger charge is -2.38. The van der Waals surface area contributed by atoms with Crippen molar-refractivity contribution in [3.8, 4) is 28.7 Å². The van der Waals surface area contributed by atoms with Crippen LogP contribution in [0, 0.1) is 0 Å². The van der Waals surface area contributed by atoms with E-state index in [4.69, 9.17) is 19.3 Å². The van der Waals surface area contributed by atoms with Crippen LogP contribution in [0.3, 0.4) is 0 Å². The first kappa shape index (κ1) is 21.7. The number of phenols is 3. The van der Waals surface area contributed by atoms with Gasteiger partial charge in [0.25, 0.3) is 0 Å². The van der Waals surface area contributed by atoms with Gasteiger partial charge in [-0.15, -0.1) is 0 Å². The molecule has 0 aromatic heterocycles. The number of carboxylic acid groups (broad SMARTS) is 1. The Morgan fingerprint density at radius 3 is 2.38 bits per heavy atom. The van der Waals surface area contributed by atoms with E-state index in [1.165, 1.54) is 30.3 Å². The van der Waals surface area contributed by atoms with Crippen LogP contribution < -0.4 is 9.47 Å². The van der Waals surface area contributed by atoms with Crippen LogP contribution >= 0.6 is 0 Å². The Bertz CT molecular complexity index is 1070. The van der Waals surface area contributed by atoms with Crippen LogP contribution in [0.1, 0.15) is 17.2 Å². The lowest BCUT2D eigenvalue weighted by atomic mass is 9.99. The third-order valence-electron chi connectivity index (χ3n) is 5.16. The highest BCUT2D eigenvalue weighted by atomic mass is 16.7. The molecule has 0 aliphatic carbocycles. The van der Waals surface area contributed by atoms with Crippen molar-refractivity contribution in [1.82, 2.24) is 0 Å². The van der Waals surface area contributed by atoms with Gasteiger partial charge >= 0.3 is 5.97 Å². The number of aliphatic hydroxyl groups is 3. The number of aromatic hydroxyl groups is 3. The number of hydrogen-bond donors (Lipinski definition) is 7. The van der Waals surface area contributed by atoms with Crippen molar-refractivity contribution in [2.45, 2.75) is 36.8 Å². The number of phenolic OH excluding ortho intramolecular Hbond substituents is 3. The van der Waals surface area contributed by atoms with E-state index in [9.17, 15) is 35.4 Å². The van der Waals surface area contributed by atoms with Gasteiger partial charge in [-0.2, -0.15) is 0 Å². The predicted molar refractivity (Wildman–Crippen MR) is 105 cm³/mol. The number of hydrogen-bond acceptors (Lipinski definition) is 10. The van der Waals surface area contributed by atoms with E-state index in [2.05, 4.69) is 0 Å². The molecule has 32 heavy (non-hydrogen) atoms. The van der Waals surface area contributed by atoms with Crippen LogP contribution in [0.5, 0.6) is 28.7 Å². The Morgan fingerprint density at radius 2 is 1.69 bits per heavy atom. The van der Waals surface area contributed by atoms with Crippen molar-refractivity contribution in [3.05, 3.63) is 47.5 Å². The van der Waals surface area contributed by atoms with E-state index in [1.807, 2.05) is 0 Å². The highest BCUT2D eigenvalue weighted by Crippen LogP contribution is 2.41. The van der Waals surface area contributed by atoms with Crippen LogP contribution in [0.4, 0.5) is 0 Å². The molecule has 1 saturated heterocycles. The fourth-order valence-electron chi connectivity index (χ4n) is 3.49. The van der Waals surface area contributed by atoms with Gasteiger partial charge in [0, 0.05) is 17.7 Å². The zero-order valence-electron chi connectivity index (χ0n) is 16.3. The summed E-state index contributed by atoms with van der Waals surface area (Å²) in [6, 6.07) is 6.65. The SMILES string of the molecule is O=C(O)C1OC(Oc2ccc(C3C=Cc4c(O)cc(O)cc4O3)cc2O)C(O)C(O)C1O. The topological polar surface area (TPSA) is 186 Å². The second-order valence-electron chi connectivity index (χ2n) is 7.35. The molecule has 2 aromatic carbocycles. The Kier molecular flexibility index (Phi) is 5.57. The average Bonchev–Trinajstić information content (AvgIpc) is 2.74. The summed E-state index contributed by atoms with van der Waals surface area (Å²) in [5.41, 5.74) is 0.865. The lowest BCUT2D eigenvalue weighted by molar-refractivity contribution is -0.271. The second-order valence-corrected chi connectivity index (χ2v) is 7.35. The van der Waals surface area contributed by atoms with Crippen LogP contribution in [0.25, 0.3) is 6.08 Å². The number of fused-ring (bicyclic) bond motifs is 1. The van der Waals surface area contributed by atoms with Gasteiger partial charge < -0.3 is 50.0 Å². The first-order valence-corrected chi connectivity index (χ1v) is 9.48. The van der Waals surface area contributed by atoms with E-state index >= 15 is 0 Å². The fraction of sp³-hybridized carbons (Fsp3) is 0.286. The monoisotopic (exact) mass is 448 g/mol. The van der Waals surface area contributed by atoms with Gasteiger partial charge in [-0.05, 0) is 24.3 Å². The number of aliphatic hydroxyl groups excluding tert-OH is 3. The number of carboxylic acids is 1. The van der Waals surface area contributed by atoms with Gasteiger partial charge in [0.1, 0.15) is 41.7 Å². The van der Waals surface area contributed by atoms with Crippen LogP contribution in [0.15, 0.2) is 36.4 Å². The molecule has 2 heterocycles. The average molecular weight is 448 g/mol. The molecule has 2 aliphatic heterocycles. The molecule has 2 aliphatic rings. The first-order chi connectivity index (χ1) is 15.2. The van der Waals surface area contributed by atoms with E-state index in [0.717, 1.165) is 0 Å². The minimum atomic E-state index is -1.87. The van der Waals surface area contributed by atoms with Crippen LogP contribution in [-0.2, 0) is 9.53 Å². The zero-order chi connectivity index (χ0) is 23.2. The number of benzene rings is 2. The third kappa shape index (κ3) is 3.89. The number of ether oxygens (including phenoxy) is 3. The molecule has 0 saturated carbocycles. The first-order valence-electron chi connectivity index (χ1n) is 9.48. The maximum absolute atomic E-state index is 11.2. The Hall–Kier alpha value is -3.51.